The minimum absolute atomic E-state index is 0.0549. The number of benzene rings is 1. The molecule has 0 aromatic heterocycles. The SMILES string of the molecule is Cc1cccc(CNC(=O)C2(N)C3CCOC3C2(C)C)c1. The highest BCUT2D eigenvalue weighted by Gasteiger charge is 2.71. The van der Waals surface area contributed by atoms with E-state index in [9.17, 15) is 4.79 Å². The Morgan fingerprint density at radius 1 is 1.48 bits per heavy atom. The van der Waals surface area contributed by atoms with Crippen LogP contribution in [-0.2, 0) is 16.1 Å². The van der Waals surface area contributed by atoms with Gasteiger partial charge in [-0.05, 0) is 18.9 Å². The van der Waals surface area contributed by atoms with Crippen LogP contribution in [0.1, 0.15) is 31.4 Å². The Morgan fingerprint density at radius 2 is 2.24 bits per heavy atom. The Labute approximate surface area is 126 Å². The van der Waals surface area contributed by atoms with Crippen LogP contribution in [-0.4, -0.2) is 24.2 Å². The maximum atomic E-state index is 12.7. The molecule has 0 radical (unpaired) electrons. The minimum Gasteiger partial charge on any atom is -0.377 e. The summed E-state index contributed by atoms with van der Waals surface area (Å²) < 4.78 is 5.73. The predicted octanol–water partition coefficient (Wildman–Crippen LogP) is 1.75. The first-order chi connectivity index (χ1) is 9.87. The van der Waals surface area contributed by atoms with Gasteiger partial charge in [0.25, 0.3) is 0 Å². The van der Waals surface area contributed by atoms with Gasteiger partial charge in [-0.25, -0.2) is 0 Å². The Kier molecular flexibility index (Phi) is 3.34. The van der Waals surface area contributed by atoms with E-state index in [2.05, 4.69) is 11.4 Å². The summed E-state index contributed by atoms with van der Waals surface area (Å²) in [6.45, 7) is 7.35. The molecule has 3 rings (SSSR count). The molecule has 114 valence electrons. The zero-order valence-electron chi connectivity index (χ0n) is 13.0. The first-order valence-electron chi connectivity index (χ1n) is 7.61. The summed E-state index contributed by atoms with van der Waals surface area (Å²) in [7, 11) is 0. The topological polar surface area (TPSA) is 64.4 Å². The van der Waals surface area contributed by atoms with E-state index in [1.807, 2.05) is 39.0 Å². The first-order valence-corrected chi connectivity index (χ1v) is 7.61. The number of amides is 1. The Hall–Kier alpha value is -1.39. The molecule has 0 spiro atoms. The number of aryl methyl sites for hydroxylation is 1. The maximum Gasteiger partial charge on any atom is 0.241 e. The highest BCUT2D eigenvalue weighted by Crippen LogP contribution is 2.58. The maximum absolute atomic E-state index is 12.7. The van der Waals surface area contributed by atoms with Crippen LogP contribution in [0.15, 0.2) is 24.3 Å². The minimum atomic E-state index is -0.821. The van der Waals surface area contributed by atoms with E-state index >= 15 is 0 Å². The standard InChI is InChI=1S/C17H24N2O2/c1-11-5-4-6-12(9-11)10-19-15(20)17(18)13-7-8-21-14(13)16(17,2)3/h4-6,9,13-14H,7-8,10,18H2,1-3H3,(H,19,20). The quantitative estimate of drug-likeness (QED) is 0.890. The Bertz CT molecular complexity index is 570. The fourth-order valence-corrected chi connectivity index (χ4v) is 4.00. The molecule has 3 atom stereocenters. The molecule has 3 N–H and O–H groups in total. The number of hydrogen-bond donors (Lipinski definition) is 2. The van der Waals surface area contributed by atoms with E-state index < -0.39 is 5.54 Å². The van der Waals surface area contributed by atoms with Crippen molar-refractivity contribution in [3.05, 3.63) is 35.4 Å². The molecule has 4 heteroatoms. The molecule has 1 aliphatic heterocycles. The predicted molar refractivity (Wildman–Crippen MR) is 81.6 cm³/mol. The van der Waals surface area contributed by atoms with Gasteiger partial charge in [0.05, 0.1) is 6.10 Å². The van der Waals surface area contributed by atoms with E-state index in [0.717, 1.165) is 12.0 Å². The van der Waals surface area contributed by atoms with Crippen molar-refractivity contribution in [1.82, 2.24) is 5.32 Å². The fraction of sp³-hybridized carbons (Fsp3) is 0.588. The van der Waals surface area contributed by atoms with Gasteiger partial charge in [-0.15, -0.1) is 0 Å². The molecule has 1 aliphatic carbocycles. The summed E-state index contributed by atoms with van der Waals surface area (Å²) in [5.41, 5.74) is 7.67. The summed E-state index contributed by atoms with van der Waals surface area (Å²) in [5.74, 6) is 0.0887. The molecule has 1 saturated heterocycles. The average molecular weight is 288 g/mol. The van der Waals surface area contributed by atoms with Crippen molar-refractivity contribution in [3.8, 4) is 0 Å². The van der Waals surface area contributed by atoms with Gasteiger partial charge < -0.3 is 15.8 Å². The van der Waals surface area contributed by atoms with Gasteiger partial charge in [0.1, 0.15) is 5.54 Å². The second kappa shape index (κ2) is 4.82. The van der Waals surface area contributed by atoms with Crippen molar-refractivity contribution >= 4 is 5.91 Å². The Morgan fingerprint density at radius 3 is 2.95 bits per heavy atom. The van der Waals surface area contributed by atoms with Crippen molar-refractivity contribution in [1.29, 1.82) is 0 Å². The first kappa shape index (κ1) is 14.5. The molecule has 2 fully saturated rings. The van der Waals surface area contributed by atoms with Crippen LogP contribution in [0.2, 0.25) is 0 Å². The van der Waals surface area contributed by atoms with Crippen LogP contribution in [0.25, 0.3) is 0 Å². The van der Waals surface area contributed by atoms with Crippen molar-refractivity contribution < 1.29 is 9.53 Å². The summed E-state index contributed by atoms with van der Waals surface area (Å²) in [6.07, 6.45) is 0.995. The van der Waals surface area contributed by atoms with Gasteiger partial charge >= 0.3 is 0 Å². The van der Waals surface area contributed by atoms with Gasteiger partial charge in [-0.1, -0.05) is 43.7 Å². The van der Waals surface area contributed by atoms with Crippen LogP contribution in [0.4, 0.5) is 0 Å². The van der Waals surface area contributed by atoms with Crippen LogP contribution in [0.5, 0.6) is 0 Å². The van der Waals surface area contributed by atoms with E-state index in [0.29, 0.717) is 13.2 Å². The molecule has 21 heavy (non-hydrogen) atoms. The molecule has 1 heterocycles. The zero-order chi connectivity index (χ0) is 15.3. The summed E-state index contributed by atoms with van der Waals surface area (Å²) in [4.78, 5) is 12.7. The van der Waals surface area contributed by atoms with E-state index in [-0.39, 0.29) is 23.3 Å². The molecule has 3 unspecified atom stereocenters. The highest BCUT2D eigenvalue weighted by atomic mass is 16.5. The number of ether oxygens (including phenoxy) is 1. The lowest BCUT2D eigenvalue weighted by Crippen LogP contribution is -2.80. The normalized spacial score (nSPS) is 33.1. The second-order valence-corrected chi connectivity index (χ2v) is 6.95. The molecule has 1 amide bonds. The van der Waals surface area contributed by atoms with Crippen molar-refractivity contribution in [2.24, 2.45) is 17.1 Å². The van der Waals surface area contributed by atoms with Gasteiger partial charge in [-0.2, -0.15) is 0 Å². The van der Waals surface area contributed by atoms with Gasteiger partial charge in [0.2, 0.25) is 5.91 Å². The number of fused-ring (bicyclic) bond motifs is 1. The van der Waals surface area contributed by atoms with E-state index in [1.54, 1.807) is 0 Å². The van der Waals surface area contributed by atoms with Crippen molar-refractivity contribution in [2.75, 3.05) is 6.61 Å². The second-order valence-electron chi connectivity index (χ2n) is 6.95. The zero-order valence-corrected chi connectivity index (χ0v) is 13.0. The molecule has 0 bridgehead atoms. The number of carbonyl (C=O) groups excluding carboxylic acids is 1. The molecule has 4 nitrogen and oxygen atoms in total. The fourth-order valence-electron chi connectivity index (χ4n) is 4.00. The average Bonchev–Trinajstić information content (AvgIpc) is 2.92. The number of rotatable bonds is 3. The molecule has 1 saturated carbocycles. The largest absolute Gasteiger partial charge is 0.377 e. The monoisotopic (exact) mass is 288 g/mol. The lowest BCUT2D eigenvalue weighted by Gasteiger charge is -2.60. The number of nitrogens with one attached hydrogen (secondary N) is 1. The number of carbonyl (C=O) groups is 1. The third-order valence-electron chi connectivity index (χ3n) is 5.37. The lowest BCUT2D eigenvalue weighted by molar-refractivity contribution is -0.175. The number of nitrogens with two attached hydrogens (primary N) is 1. The van der Waals surface area contributed by atoms with Crippen LogP contribution in [0, 0.1) is 18.3 Å². The van der Waals surface area contributed by atoms with Gasteiger partial charge in [0.15, 0.2) is 0 Å². The van der Waals surface area contributed by atoms with Crippen LogP contribution < -0.4 is 11.1 Å². The van der Waals surface area contributed by atoms with Crippen molar-refractivity contribution in [3.63, 3.8) is 0 Å². The van der Waals surface area contributed by atoms with Crippen molar-refractivity contribution in [2.45, 2.75) is 45.4 Å². The summed E-state index contributed by atoms with van der Waals surface area (Å²) in [5, 5.41) is 3.02. The third-order valence-corrected chi connectivity index (χ3v) is 5.37. The van der Waals surface area contributed by atoms with Crippen LogP contribution in [0.3, 0.4) is 0 Å². The molecule has 1 aromatic rings. The molecular formula is C17H24N2O2. The summed E-state index contributed by atoms with van der Waals surface area (Å²) in [6, 6.07) is 8.15. The molecular weight excluding hydrogens is 264 g/mol. The Balaban J connectivity index is 1.70. The van der Waals surface area contributed by atoms with E-state index in [1.165, 1.54) is 5.56 Å². The third kappa shape index (κ3) is 2.00. The highest BCUT2D eigenvalue weighted by molar-refractivity contribution is 5.89. The van der Waals surface area contributed by atoms with Gasteiger partial charge in [-0.3, -0.25) is 4.79 Å². The molecule has 2 aliphatic rings. The molecule has 1 aromatic carbocycles. The van der Waals surface area contributed by atoms with E-state index in [4.69, 9.17) is 10.5 Å². The number of hydrogen-bond acceptors (Lipinski definition) is 3. The lowest BCUT2D eigenvalue weighted by atomic mass is 9.48. The smallest absolute Gasteiger partial charge is 0.241 e. The van der Waals surface area contributed by atoms with Gasteiger partial charge in [0, 0.05) is 24.5 Å². The van der Waals surface area contributed by atoms with Crippen LogP contribution >= 0.6 is 0 Å². The summed E-state index contributed by atoms with van der Waals surface area (Å²) >= 11 is 0.